The van der Waals surface area contributed by atoms with Gasteiger partial charge in [0.2, 0.25) is 5.91 Å². The molecule has 0 fully saturated rings. The van der Waals surface area contributed by atoms with Crippen molar-refractivity contribution in [3.63, 3.8) is 0 Å². The van der Waals surface area contributed by atoms with Crippen LogP contribution in [0.25, 0.3) is 11.3 Å². The van der Waals surface area contributed by atoms with Gasteiger partial charge in [-0.05, 0) is 62.4 Å². The maximum absolute atomic E-state index is 13.2. The van der Waals surface area contributed by atoms with Gasteiger partial charge in [-0.2, -0.15) is 5.10 Å². The Hall–Kier alpha value is -3.41. The fourth-order valence-electron chi connectivity index (χ4n) is 3.88. The first-order valence-corrected chi connectivity index (χ1v) is 10.2. The van der Waals surface area contributed by atoms with E-state index in [9.17, 15) is 9.59 Å². The highest BCUT2D eigenvalue weighted by Gasteiger charge is 2.25. The Kier molecular flexibility index (Phi) is 5.65. The van der Waals surface area contributed by atoms with Gasteiger partial charge in [-0.3, -0.25) is 9.59 Å². The zero-order valence-electron chi connectivity index (χ0n) is 17.2. The molecule has 6 heteroatoms. The number of benzene rings is 2. The van der Waals surface area contributed by atoms with Gasteiger partial charge in [-0.25, -0.2) is 4.68 Å². The summed E-state index contributed by atoms with van der Waals surface area (Å²) in [6.07, 6.45) is 3.59. The second kappa shape index (κ2) is 8.53. The van der Waals surface area contributed by atoms with Crippen LogP contribution >= 0.6 is 0 Å². The van der Waals surface area contributed by atoms with E-state index in [1.807, 2.05) is 30.3 Å². The molecule has 1 N–H and O–H groups in total. The van der Waals surface area contributed by atoms with Gasteiger partial charge in [0.05, 0.1) is 12.8 Å². The Balaban J connectivity index is 1.70. The first-order valence-electron chi connectivity index (χ1n) is 10.2. The lowest BCUT2D eigenvalue weighted by molar-refractivity contribution is -0.119. The lowest BCUT2D eigenvalue weighted by Gasteiger charge is -2.22. The minimum atomic E-state index is -0.741. The molecule has 0 bridgehead atoms. The van der Waals surface area contributed by atoms with Gasteiger partial charge in [-0.15, -0.1) is 0 Å². The van der Waals surface area contributed by atoms with E-state index < -0.39 is 6.04 Å². The Bertz CT molecular complexity index is 1110. The third kappa shape index (κ3) is 3.85. The van der Waals surface area contributed by atoms with Crippen LogP contribution in [0.15, 0.2) is 59.4 Å². The van der Waals surface area contributed by atoms with E-state index in [-0.39, 0.29) is 11.5 Å². The molecule has 0 saturated carbocycles. The van der Waals surface area contributed by atoms with Crippen LogP contribution in [0.2, 0.25) is 0 Å². The van der Waals surface area contributed by atoms with E-state index in [2.05, 4.69) is 10.4 Å². The van der Waals surface area contributed by atoms with Crippen LogP contribution in [0.3, 0.4) is 0 Å². The average Bonchev–Trinajstić information content (AvgIpc) is 2.80. The summed E-state index contributed by atoms with van der Waals surface area (Å²) < 4.78 is 6.49. The topological polar surface area (TPSA) is 73.2 Å². The van der Waals surface area contributed by atoms with Gasteiger partial charge in [0.15, 0.2) is 0 Å². The van der Waals surface area contributed by atoms with E-state index in [1.165, 1.54) is 4.68 Å². The summed E-state index contributed by atoms with van der Waals surface area (Å²) in [5.41, 5.74) is 4.06. The van der Waals surface area contributed by atoms with E-state index in [0.717, 1.165) is 48.1 Å². The van der Waals surface area contributed by atoms with Crippen molar-refractivity contribution in [2.45, 2.75) is 38.6 Å². The molecule has 1 heterocycles. The number of nitrogens with one attached hydrogen (secondary N) is 1. The number of amides is 1. The molecule has 0 aliphatic heterocycles. The molecule has 30 heavy (non-hydrogen) atoms. The summed E-state index contributed by atoms with van der Waals surface area (Å²) >= 11 is 0. The number of fused-ring (bicyclic) bond motifs is 1. The number of carbonyl (C=O) groups excluding carboxylic acids is 1. The van der Waals surface area contributed by atoms with Gasteiger partial charge in [0.1, 0.15) is 11.8 Å². The lowest BCUT2D eigenvalue weighted by atomic mass is 9.89. The number of hydrogen-bond donors (Lipinski definition) is 1. The van der Waals surface area contributed by atoms with Crippen molar-refractivity contribution in [3.8, 4) is 17.0 Å². The highest BCUT2D eigenvalue weighted by atomic mass is 16.5. The van der Waals surface area contributed by atoms with Crippen LogP contribution in [0.4, 0.5) is 5.69 Å². The monoisotopic (exact) mass is 403 g/mol. The predicted molar refractivity (Wildman–Crippen MR) is 117 cm³/mol. The molecule has 0 spiro atoms. The van der Waals surface area contributed by atoms with Crippen LogP contribution in [-0.2, 0) is 17.6 Å². The number of methoxy groups -OCH3 is 1. The largest absolute Gasteiger partial charge is 0.497 e. The minimum absolute atomic E-state index is 0.165. The maximum atomic E-state index is 13.2. The Morgan fingerprint density at radius 1 is 1.03 bits per heavy atom. The molecule has 1 atom stereocenters. The third-order valence-electron chi connectivity index (χ3n) is 5.58. The molecule has 0 radical (unpaired) electrons. The molecule has 0 unspecified atom stereocenters. The first kappa shape index (κ1) is 19.9. The van der Waals surface area contributed by atoms with E-state index in [1.54, 1.807) is 38.3 Å². The summed E-state index contributed by atoms with van der Waals surface area (Å²) in [5.74, 6) is 0.422. The summed E-state index contributed by atoms with van der Waals surface area (Å²) in [5, 5.41) is 7.53. The van der Waals surface area contributed by atoms with Crippen molar-refractivity contribution in [2.24, 2.45) is 0 Å². The Labute approximate surface area is 175 Å². The zero-order valence-corrected chi connectivity index (χ0v) is 17.2. The van der Waals surface area contributed by atoms with E-state index in [4.69, 9.17) is 4.74 Å². The fourth-order valence-corrected chi connectivity index (χ4v) is 3.88. The molecule has 4 rings (SSSR count). The summed E-state index contributed by atoms with van der Waals surface area (Å²) in [6, 6.07) is 16.2. The van der Waals surface area contributed by atoms with Crippen molar-refractivity contribution < 1.29 is 9.53 Å². The number of hydrogen-bond acceptors (Lipinski definition) is 4. The van der Waals surface area contributed by atoms with Crippen molar-refractivity contribution in [1.82, 2.24) is 9.78 Å². The highest BCUT2D eigenvalue weighted by Crippen LogP contribution is 2.28. The number of aromatic nitrogens is 2. The SMILES string of the molecule is COc1ccc(NC(=O)[C@H](C)n2nc(-c3ccccc3)c3c(c2=O)CCCC3)cc1. The average molecular weight is 403 g/mol. The van der Waals surface area contributed by atoms with Crippen LogP contribution in [0.1, 0.15) is 36.9 Å². The quantitative estimate of drug-likeness (QED) is 0.699. The third-order valence-corrected chi connectivity index (χ3v) is 5.58. The van der Waals surface area contributed by atoms with Gasteiger partial charge in [0.25, 0.3) is 5.56 Å². The molecule has 154 valence electrons. The van der Waals surface area contributed by atoms with Gasteiger partial charge < -0.3 is 10.1 Å². The molecular weight excluding hydrogens is 378 g/mol. The predicted octanol–water partition coefficient (Wildman–Crippen LogP) is 4.00. The maximum Gasteiger partial charge on any atom is 0.271 e. The van der Waals surface area contributed by atoms with Crippen molar-refractivity contribution >= 4 is 11.6 Å². The molecule has 1 aliphatic rings. The normalized spacial score (nSPS) is 13.9. The van der Waals surface area contributed by atoms with Gasteiger partial charge in [-0.1, -0.05) is 30.3 Å². The van der Waals surface area contributed by atoms with Crippen molar-refractivity contribution in [3.05, 3.63) is 76.1 Å². The number of nitrogens with zero attached hydrogens (tertiary/aromatic N) is 2. The number of rotatable bonds is 5. The van der Waals surface area contributed by atoms with Crippen LogP contribution < -0.4 is 15.6 Å². The fraction of sp³-hybridized carbons (Fsp3) is 0.292. The molecule has 6 nitrogen and oxygen atoms in total. The van der Waals surface area contributed by atoms with Crippen LogP contribution in [0.5, 0.6) is 5.75 Å². The molecule has 1 aliphatic carbocycles. The lowest BCUT2D eigenvalue weighted by Crippen LogP contribution is -2.37. The molecule has 3 aromatic rings. The standard InChI is InChI=1S/C24H25N3O3/c1-16(23(28)25-18-12-14-19(30-2)15-13-18)27-24(29)21-11-7-6-10-20(21)22(26-27)17-8-4-3-5-9-17/h3-5,8-9,12-16H,6-7,10-11H2,1-2H3,(H,25,28)/t16-/m0/s1. The van der Waals surface area contributed by atoms with Crippen molar-refractivity contribution in [1.29, 1.82) is 0 Å². The van der Waals surface area contributed by atoms with Gasteiger partial charge in [0, 0.05) is 16.8 Å². The number of carbonyl (C=O) groups is 1. The Morgan fingerprint density at radius 2 is 1.70 bits per heavy atom. The second-order valence-corrected chi connectivity index (χ2v) is 7.52. The van der Waals surface area contributed by atoms with Crippen LogP contribution in [0, 0.1) is 0 Å². The smallest absolute Gasteiger partial charge is 0.271 e. The zero-order chi connectivity index (χ0) is 21.1. The molecule has 1 amide bonds. The highest BCUT2D eigenvalue weighted by molar-refractivity contribution is 5.93. The van der Waals surface area contributed by atoms with E-state index in [0.29, 0.717) is 11.4 Å². The molecule has 0 saturated heterocycles. The minimum Gasteiger partial charge on any atom is -0.497 e. The van der Waals surface area contributed by atoms with Gasteiger partial charge >= 0.3 is 0 Å². The van der Waals surface area contributed by atoms with Crippen molar-refractivity contribution in [2.75, 3.05) is 12.4 Å². The second-order valence-electron chi connectivity index (χ2n) is 7.52. The summed E-state index contributed by atoms with van der Waals surface area (Å²) in [4.78, 5) is 26.1. The van der Waals surface area contributed by atoms with Crippen LogP contribution in [-0.4, -0.2) is 22.8 Å². The molecular formula is C24H25N3O3. The first-order chi connectivity index (χ1) is 14.6. The number of anilines is 1. The Morgan fingerprint density at radius 3 is 2.37 bits per heavy atom. The summed E-state index contributed by atoms with van der Waals surface area (Å²) in [6.45, 7) is 1.71. The molecule has 1 aromatic heterocycles. The van der Waals surface area contributed by atoms with E-state index >= 15 is 0 Å². The molecule has 2 aromatic carbocycles. The summed E-state index contributed by atoms with van der Waals surface area (Å²) in [7, 11) is 1.59. The number of ether oxygens (including phenoxy) is 1.